The monoisotopic (exact) mass is 504 g/mol. The summed E-state index contributed by atoms with van der Waals surface area (Å²) < 4.78 is 2.27. The third-order valence-corrected chi connectivity index (χ3v) is 7.17. The average molecular weight is 505 g/mol. The number of hydrogen-bond donors (Lipinski definition) is 0. The lowest BCUT2D eigenvalue weighted by Crippen LogP contribution is -2.15. The summed E-state index contributed by atoms with van der Waals surface area (Å²) in [5, 5.41) is 0. The van der Waals surface area contributed by atoms with E-state index in [-0.39, 0.29) is 5.41 Å². The quantitative estimate of drug-likeness (QED) is 0.228. The van der Waals surface area contributed by atoms with Crippen molar-refractivity contribution >= 4 is 0 Å². The fourth-order valence-corrected chi connectivity index (χ4v) is 5.14. The highest BCUT2D eigenvalue weighted by atomic mass is 15.1. The van der Waals surface area contributed by atoms with E-state index in [0.717, 1.165) is 28.3 Å². The van der Waals surface area contributed by atoms with Crippen LogP contribution in [-0.2, 0) is 5.41 Å². The Kier molecular flexibility index (Phi) is 6.46. The molecular formula is C37H32N2. The molecule has 1 aromatic heterocycles. The maximum atomic E-state index is 5.23. The number of benzene rings is 5. The van der Waals surface area contributed by atoms with E-state index in [4.69, 9.17) is 4.98 Å². The minimum atomic E-state index is -0.0637. The molecule has 0 N–H and O–H groups in total. The molecule has 2 nitrogen and oxygen atoms in total. The standard InChI is InChI=1S/C37H32N2/c1-37(2,3)33-25-31(28-16-9-5-10-17-28)22-23-35(33)39-26-34(38-36(39)29-18-11-6-12-19-29)32-21-13-20-30(24-32)27-14-7-4-8-15-27/h4-26H,1-3H3. The van der Waals surface area contributed by atoms with Crippen molar-refractivity contribution in [2.45, 2.75) is 26.2 Å². The Morgan fingerprint density at radius 2 is 1.00 bits per heavy atom. The molecule has 0 radical (unpaired) electrons. The van der Waals surface area contributed by atoms with Crippen LogP contribution in [0.1, 0.15) is 26.3 Å². The van der Waals surface area contributed by atoms with Crippen LogP contribution in [0.25, 0.3) is 50.6 Å². The highest BCUT2D eigenvalue weighted by Gasteiger charge is 2.23. The lowest BCUT2D eigenvalue weighted by Gasteiger charge is -2.25. The second kappa shape index (κ2) is 10.2. The van der Waals surface area contributed by atoms with Gasteiger partial charge in [0, 0.05) is 17.3 Å². The molecule has 2 heteroatoms. The summed E-state index contributed by atoms with van der Waals surface area (Å²) >= 11 is 0. The maximum Gasteiger partial charge on any atom is 0.145 e. The van der Waals surface area contributed by atoms with Gasteiger partial charge in [-0.05, 0) is 51.4 Å². The SMILES string of the molecule is CC(C)(C)c1cc(-c2ccccc2)ccc1-n1cc(-c2cccc(-c3ccccc3)c2)nc1-c1ccccc1. The van der Waals surface area contributed by atoms with E-state index < -0.39 is 0 Å². The lowest BCUT2D eigenvalue weighted by atomic mass is 9.84. The van der Waals surface area contributed by atoms with Gasteiger partial charge in [0.15, 0.2) is 0 Å². The molecule has 6 aromatic rings. The molecule has 0 amide bonds. The van der Waals surface area contributed by atoms with Gasteiger partial charge in [-0.1, -0.05) is 136 Å². The first-order valence-electron chi connectivity index (χ1n) is 13.5. The van der Waals surface area contributed by atoms with Gasteiger partial charge in [0.1, 0.15) is 5.82 Å². The van der Waals surface area contributed by atoms with E-state index in [2.05, 4.69) is 165 Å². The number of hydrogen-bond acceptors (Lipinski definition) is 1. The number of nitrogens with zero attached hydrogens (tertiary/aromatic N) is 2. The largest absolute Gasteiger partial charge is 0.299 e. The molecule has 0 aliphatic carbocycles. The summed E-state index contributed by atoms with van der Waals surface area (Å²) in [6.07, 6.45) is 2.19. The first-order valence-corrected chi connectivity index (χ1v) is 13.5. The predicted molar refractivity (Wildman–Crippen MR) is 164 cm³/mol. The zero-order valence-electron chi connectivity index (χ0n) is 22.7. The van der Waals surface area contributed by atoms with E-state index in [1.54, 1.807) is 0 Å². The Labute approximate surface area is 231 Å². The summed E-state index contributed by atoms with van der Waals surface area (Å²) in [6, 6.07) is 47.1. The van der Waals surface area contributed by atoms with Crippen LogP contribution in [0.15, 0.2) is 140 Å². The molecule has 1 heterocycles. The van der Waals surface area contributed by atoms with Crippen LogP contribution in [0.5, 0.6) is 0 Å². The predicted octanol–water partition coefficient (Wildman–Crippen LogP) is 9.84. The summed E-state index contributed by atoms with van der Waals surface area (Å²) in [6.45, 7) is 6.85. The fraction of sp³-hybridized carbons (Fsp3) is 0.108. The molecule has 190 valence electrons. The summed E-state index contributed by atoms with van der Waals surface area (Å²) in [5.41, 5.74) is 10.4. The van der Waals surface area contributed by atoms with Gasteiger partial charge < -0.3 is 0 Å². The van der Waals surface area contributed by atoms with Crippen LogP contribution in [0.4, 0.5) is 0 Å². The van der Waals surface area contributed by atoms with Gasteiger partial charge in [-0.2, -0.15) is 0 Å². The van der Waals surface area contributed by atoms with Crippen molar-refractivity contribution in [3.63, 3.8) is 0 Å². The Balaban J connectivity index is 1.54. The fourth-order valence-electron chi connectivity index (χ4n) is 5.14. The van der Waals surface area contributed by atoms with Crippen molar-refractivity contribution in [2.75, 3.05) is 0 Å². The van der Waals surface area contributed by atoms with Crippen molar-refractivity contribution in [2.24, 2.45) is 0 Å². The number of imidazole rings is 1. The van der Waals surface area contributed by atoms with Crippen molar-refractivity contribution in [1.29, 1.82) is 0 Å². The van der Waals surface area contributed by atoms with Gasteiger partial charge in [-0.25, -0.2) is 4.98 Å². The molecule has 0 atom stereocenters. The van der Waals surface area contributed by atoms with Crippen LogP contribution in [0, 0.1) is 0 Å². The molecule has 39 heavy (non-hydrogen) atoms. The number of aromatic nitrogens is 2. The number of rotatable bonds is 5. The molecule has 0 saturated carbocycles. The molecule has 6 rings (SSSR count). The normalized spacial score (nSPS) is 11.5. The highest BCUT2D eigenvalue weighted by Crippen LogP contribution is 2.36. The highest BCUT2D eigenvalue weighted by molar-refractivity contribution is 5.75. The van der Waals surface area contributed by atoms with Crippen LogP contribution in [0.3, 0.4) is 0 Å². The van der Waals surface area contributed by atoms with Crippen molar-refractivity contribution in [3.8, 4) is 50.6 Å². The van der Waals surface area contributed by atoms with Crippen LogP contribution in [-0.4, -0.2) is 9.55 Å². The van der Waals surface area contributed by atoms with Crippen molar-refractivity contribution < 1.29 is 0 Å². The summed E-state index contributed by atoms with van der Waals surface area (Å²) in [4.78, 5) is 5.23. The van der Waals surface area contributed by atoms with Gasteiger partial charge in [-0.15, -0.1) is 0 Å². The Hall–Kier alpha value is -4.69. The van der Waals surface area contributed by atoms with Crippen LogP contribution >= 0.6 is 0 Å². The third kappa shape index (κ3) is 5.06. The third-order valence-electron chi connectivity index (χ3n) is 7.17. The molecular weight excluding hydrogens is 472 g/mol. The second-order valence-corrected chi connectivity index (χ2v) is 11.0. The minimum Gasteiger partial charge on any atom is -0.299 e. The van der Waals surface area contributed by atoms with Crippen LogP contribution < -0.4 is 0 Å². The topological polar surface area (TPSA) is 17.8 Å². The minimum absolute atomic E-state index is 0.0637. The molecule has 0 aliphatic rings. The molecule has 0 aliphatic heterocycles. The molecule has 0 bridgehead atoms. The van der Waals surface area contributed by atoms with E-state index >= 15 is 0 Å². The molecule has 0 saturated heterocycles. The van der Waals surface area contributed by atoms with Gasteiger partial charge in [0.25, 0.3) is 0 Å². The first-order chi connectivity index (χ1) is 19.0. The lowest BCUT2D eigenvalue weighted by molar-refractivity contribution is 0.587. The zero-order chi connectivity index (χ0) is 26.8. The van der Waals surface area contributed by atoms with E-state index in [0.29, 0.717) is 0 Å². The Bertz CT molecular complexity index is 1710. The Morgan fingerprint density at radius 1 is 0.487 bits per heavy atom. The summed E-state index contributed by atoms with van der Waals surface area (Å²) in [7, 11) is 0. The average Bonchev–Trinajstić information content (AvgIpc) is 3.43. The molecule has 0 spiro atoms. The van der Waals surface area contributed by atoms with E-state index in [9.17, 15) is 0 Å². The van der Waals surface area contributed by atoms with Gasteiger partial charge in [0.05, 0.1) is 11.4 Å². The van der Waals surface area contributed by atoms with Crippen LogP contribution in [0.2, 0.25) is 0 Å². The Morgan fingerprint density at radius 3 is 1.59 bits per heavy atom. The second-order valence-electron chi connectivity index (χ2n) is 11.0. The van der Waals surface area contributed by atoms with Gasteiger partial charge in [-0.3, -0.25) is 4.57 Å². The van der Waals surface area contributed by atoms with E-state index in [1.807, 2.05) is 0 Å². The molecule has 5 aromatic carbocycles. The van der Waals surface area contributed by atoms with Gasteiger partial charge in [0.2, 0.25) is 0 Å². The molecule has 0 unspecified atom stereocenters. The van der Waals surface area contributed by atoms with E-state index in [1.165, 1.54) is 27.8 Å². The smallest absolute Gasteiger partial charge is 0.145 e. The maximum absolute atomic E-state index is 5.23. The van der Waals surface area contributed by atoms with Crippen molar-refractivity contribution in [1.82, 2.24) is 9.55 Å². The molecule has 0 fully saturated rings. The summed E-state index contributed by atoms with van der Waals surface area (Å²) in [5.74, 6) is 0.939. The zero-order valence-corrected chi connectivity index (χ0v) is 22.7. The first kappa shape index (κ1) is 24.6. The van der Waals surface area contributed by atoms with Crippen molar-refractivity contribution in [3.05, 3.63) is 145 Å². The van der Waals surface area contributed by atoms with Gasteiger partial charge >= 0.3 is 0 Å².